The van der Waals surface area contributed by atoms with E-state index in [9.17, 15) is 4.79 Å². The Morgan fingerprint density at radius 3 is 2.32 bits per heavy atom. The molecule has 0 radical (unpaired) electrons. The van der Waals surface area contributed by atoms with E-state index >= 15 is 0 Å². The molecule has 4 heterocycles. The molecule has 1 aliphatic heterocycles. The van der Waals surface area contributed by atoms with Gasteiger partial charge in [-0.25, -0.2) is 4.98 Å². The zero-order valence-electron chi connectivity index (χ0n) is 22.1. The summed E-state index contributed by atoms with van der Waals surface area (Å²) in [6.07, 6.45) is 5.85. The maximum absolute atomic E-state index is 13.0. The van der Waals surface area contributed by atoms with E-state index in [1.54, 1.807) is 17.8 Å². The lowest BCUT2D eigenvalue weighted by Crippen LogP contribution is -2.47. The van der Waals surface area contributed by atoms with Crippen LogP contribution in [0.25, 0.3) is 0 Å². The molecule has 1 amide bonds. The fourth-order valence-corrected chi connectivity index (χ4v) is 4.51. The number of imidazole rings is 1. The van der Waals surface area contributed by atoms with E-state index in [-0.39, 0.29) is 5.91 Å². The molecule has 0 atom stereocenters. The highest BCUT2D eigenvalue weighted by molar-refractivity contribution is 6.04. The molecular formula is C27H32N10O. The van der Waals surface area contributed by atoms with Gasteiger partial charge in [0.1, 0.15) is 11.5 Å². The molecule has 0 aliphatic carbocycles. The SMILES string of the molecule is CCc1nc(Nc2ncc(C(=O)Nc3c(C)cccc3C)n2C)nc(N2CCN(c3ccncc3)CC2)n1. The highest BCUT2D eigenvalue weighted by Crippen LogP contribution is 2.22. The number of hydrogen-bond acceptors (Lipinski definition) is 9. The number of para-hydroxylation sites is 1. The summed E-state index contributed by atoms with van der Waals surface area (Å²) in [6.45, 7) is 9.26. The van der Waals surface area contributed by atoms with Crippen LogP contribution in [0.4, 0.5) is 29.2 Å². The molecule has 0 spiro atoms. The summed E-state index contributed by atoms with van der Waals surface area (Å²) < 4.78 is 1.70. The molecule has 38 heavy (non-hydrogen) atoms. The van der Waals surface area contributed by atoms with Crippen LogP contribution in [0.15, 0.2) is 48.9 Å². The van der Waals surface area contributed by atoms with Gasteiger partial charge in [-0.3, -0.25) is 15.1 Å². The lowest BCUT2D eigenvalue weighted by Gasteiger charge is -2.36. The Labute approximate surface area is 222 Å². The molecule has 1 aliphatic rings. The van der Waals surface area contributed by atoms with Gasteiger partial charge in [0.25, 0.3) is 5.91 Å². The second-order valence-corrected chi connectivity index (χ2v) is 9.28. The Bertz CT molecular complexity index is 1410. The topological polar surface area (TPSA) is 117 Å². The van der Waals surface area contributed by atoms with Crippen molar-refractivity contribution in [3.63, 3.8) is 0 Å². The predicted octanol–water partition coefficient (Wildman–Crippen LogP) is 3.50. The van der Waals surface area contributed by atoms with Gasteiger partial charge in [0.05, 0.1) is 6.20 Å². The fourth-order valence-electron chi connectivity index (χ4n) is 4.51. The van der Waals surface area contributed by atoms with E-state index in [4.69, 9.17) is 4.98 Å². The average Bonchev–Trinajstić information content (AvgIpc) is 3.30. The number of nitrogens with zero attached hydrogens (tertiary/aromatic N) is 8. The molecule has 3 aromatic heterocycles. The van der Waals surface area contributed by atoms with Crippen LogP contribution in [0.2, 0.25) is 0 Å². The largest absolute Gasteiger partial charge is 0.368 e. The van der Waals surface area contributed by atoms with Gasteiger partial charge >= 0.3 is 0 Å². The highest BCUT2D eigenvalue weighted by Gasteiger charge is 2.22. The smallest absolute Gasteiger partial charge is 0.274 e. The third-order valence-electron chi connectivity index (χ3n) is 6.74. The lowest BCUT2D eigenvalue weighted by atomic mass is 10.1. The van der Waals surface area contributed by atoms with Crippen molar-refractivity contribution in [1.29, 1.82) is 0 Å². The number of amides is 1. The molecule has 4 aromatic rings. The van der Waals surface area contributed by atoms with Crippen molar-refractivity contribution < 1.29 is 4.79 Å². The summed E-state index contributed by atoms with van der Waals surface area (Å²) in [5.41, 5.74) is 4.41. The number of hydrogen-bond donors (Lipinski definition) is 2. The number of benzene rings is 1. The molecule has 1 aromatic carbocycles. The van der Waals surface area contributed by atoms with Gasteiger partial charge in [0.15, 0.2) is 0 Å². The Balaban J connectivity index is 1.31. The van der Waals surface area contributed by atoms with Crippen LogP contribution in [0.3, 0.4) is 0 Å². The molecule has 1 fully saturated rings. The van der Waals surface area contributed by atoms with Crippen molar-refractivity contribution in [1.82, 2.24) is 29.5 Å². The first-order chi connectivity index (χ1) is 18.4. The van der Waals surface area contributed by atoms with Gasteiger partial charge in [0.2, 0.25) is 17.8 Å². The van der Waals surface area contributed by atoms with E-state index in [1.165, 1.54) is 5.69 Å². The Hall–Kier alpha value is -4.54. The van der Waals surface area contributed by atoms with Crippen LogP contribution in [0, 0.1) is 13.8 Å². The number of anilines is 5. The Morgan fingerprint density at radius 2 is 1.63 bits per heavy atom. The fraction of sp³-hybridized carbons (Fsp3) is 0.333. The number of carbonyl (C=O) groups excluding carboxylic acids is 1. The van der Waals surface area contributed by atoms with Crippen molar-refractivity contribution in [3.8, 4) is 0 Å². The molecule has 11 nitrogen and oxygen atoms in total. The summed E-state index contributed by atoms with van der Waals surface area (Å²) in [6, 6.07) is 9.97. The summed E-state index contributed by atoms with van der Waals surface area (Å²) >= 11 is 0. The van der Waals surface area contributed by atoms with Crippen LogP contribution in [0.5, 0.6) is 0 Å². The van der Waals surface area contributed by atoms with E-state index in [0.29, 0.717) is 35.8 Å². The molecule has 196 valence electrons. The van der Waals surface area contributed by atoms with Crippen molar-refractivity contribution in [2.45, 2.75) is 27.2 Å². The molecule has 2 N–H and O–H groups in total. The molecule has 0 unspecified atom stereocenters. The standard InChI is InChI=1S/C27H32N10O/c1-5-22-30-25(34-27(31-22)37-15-13-36(14-16-37)20-9-11-28-12-10-20)33-26-29-17-21(35(26)4)24(38)32-23-18(2)7-6-8-19(23)3/h6-12,17H,5,13-16H2,1-4H3,(H,32,38)(H,29,30,31,33,34). The molecule has 1 saturated heterocycles. The summed E-state index contributed by atoms with van der Waals surface area (Å²) in [5.74, 6) is 1.97. The van der Waals surface area contributed by atoms with Gasteiger partial charge < -0.3 is 19.7 Å². The summed E-state index contributed by atoms with van der Waals surface area (Å²) in [4.78, 5) is 40.0. The normalized spacial score (nSPS) is 13.5. The van der Waals surface area contributed by atoms with Crippen molar-refractivity contribution in [3.05, 3.63) is 71.6 Å². The van der Waals surface area contributed by atoms with E-state index in [2.05, 4.69) is 40.4 Å². The first kappa shape index (κ1) is 25.1. The second kappa shape index (κ2) is 10.8. The molecule has 0 saturated carbocycles. The quantitative estimate of drug-likeness (QED) is 0.384. The third kappa shape index (κ3) is 5.26. The van der Waals surface area contributed by atoms with Crippen molar-refractivity contribution >= 4 is 35.1 Å². The number of rotatable bonds is 7. The molecule has 11 heteroatoms. The van der Waals surface area contributed by atoms with Crippen LogP contribution in [-0.4, -0.2) is 61.6 Å². The summed E-state index contributed by atoms with van der Waals surface area (Å²) in [5, 5.41) is 6.20. The minimum absolute atomic E-state index is 0.233. The maximum Gasteiger partial charge on any atom is 0.274 e. The van der Waals surface area contributed by atoms with Gasteiger partial charge in [-0.1, -0.05) is 25.1 Å². The number of aromatic nitrogens is 6. The van der Waals surface area contributed by atoms with Gasteiger partial charge in [-0.2, -0.15) is 15.0 Å². The van der Waals surface area contributed by atoms with Gasteiger partial charge in [-0.05, 0) is 37.1 Å². The van der Waals surface area contributed by atoms with Crippen LogP contribution >= 0.6 is 0 Å². The number of piperazine rings is 1. The zero-order chi connectivity index (χ0) is 26.6. The minimum atomic E-state index is -0.233. The minimum Gasteiger partial charge on any atom is -0.368 e. The Morgan fingerprint density at radius 1 is 0.947 bits per heavy atom. The van der Waals surface area contributed by atoms with Gasteiger partial charge in [-0.15, -0.1) is 0 Å². The molecule has 5 rings (SSSR count). The van der Waals surface area contributed by atoms with E-state index in [1.807, 2.05) is 63.5 Å². The highest BCUT2D eigenvalue weighted by atomic mass is 16.2. The summed E-state index contributed by atoms with van der Waals surface area (Å²) in [7, 11) is 1.79. The zero-order valence-corrected chi connectivity index (χ0v) is 22.1. The monoisotopic (exact) mass is 512 g/mol. The van der Waals surface area contributed by atoms with Crippen LogP contribution in [-0.2, 0) is 13.5 Å². The molecular weight excluding hydrogens is 480 g/mol. The lowest BCUT2D eigenvalue weighted by molar-refractivity contribution is 0.101. The molecule has 0 bridgehead atoms. The average molecular weight is 513 g/mol. The Kier molecular flexibility index (Phi) is 7.16. The van der Waals surface area contributed by atoms with Crippen LogP contribution in [0.1, 0.15) is 34.4 Å². The maximum atomic E-state index is 13.0. The van der Waals surface area contributed by atoms with Crippen LogP contribution < -0.4 is 20.4 Å². The number of aryl methyl sites for hydroxylation is 3. The van der Waals surface area contributed by atoms with E-state index < -0.39 is 0 Å². The first-order valence-corrected chi connectivity index (χ1v) is 12.7. The second-order valence-electron chi connectivity index (χ2n) is 9.28. The van der Waals surface area contributed by atoms with Crippen molar-refractivity contribution in [2.24, 2.45) is 7.05 Å². The third-order valence-corrected chi connectivity index (χ3v) is 6.74. The number of carbonyl (C=O) groups is 1. The first-order valence-electron chi connectivity index (χ1n) is 12.7. The van der Waals surface area contributed by atoms with Crippen molar-refractivity contribution in [2.75, 3.05) is 46.6 Å². The number of nitrogens with one attached hydrogen (secondary N) is 2. The van der Waals surface area contributed by atoms with E-state index in [0.717, 1.165) is 43.0 Å². The van der Waals surface area contributed by atoms with Gasteiger partial charge in [0, 0.05) is 63.4 Å². The predicted molar refractivity (Wildman–Crippen MR) is 148 cm³/mol. The number of pyridine rings is 1.